The number of aliphatic carboxylic acids is 2. The van der Waals surface area contributed by atoms with Crippen LogP contribution in [0, 0.1) is 0 Å². The Morgan fingerprint density at radius 1 is 1.21 bits per heavy atom. The molecule has 0 saturated carbocycles. The summed E-state index contributed by atoms with van der Waals surface area (Å²) in [5.41, 5.74) is -0.522. The number of hydrogen-bond donors (Lipinski definition) is 2. The first-order valence-corrected chi connectivity index (χ1v) is 5.83. The van der Waals surface area contributed by atoms with Crippen LogP contribution in [0.15, 0.2) is 0 Å². The zero-order valence-electron chi connectivity index (χ0n) is 11.0. The second-order valence-electron chi connectivity index (χ2n) is 4.96. The lowest BCUT2D eigenvalue weighted by atomic mass is 10.1. The van der Waals surface area contributed by atoms with Gasteiger partial charge in [0.25, 0.3) is 0 Å². The molecule has 0 spiro atoms. The molecule has 8 heteroatoms. The third-order valence-corrected chi connectivity index (χ3v) is 2.62. The Labute approximate surface area is 110 Å². The van der Waals surface area contributed by atoms with Gasteiger partial charge >= 0.3 is 18.0 Å². The molecule has 1 fully saturated rings. The molecule has 0 unspecified atom stereocenters. The summed E-state index contributed by atoms with van der Waals surface area (Å²) in [6, 6.07) is -0.596. The molecule has 0 radical (unpaired) electrons. The van der Waals surface area contributed by atoms with Crippen LogP contribution in [0.5, 0.6) is 0 Å². The lowest BCUT2D eigenvalue weighted by Crippen LogP contribution is -2.55. The Bertz CT molecular complexity index is 365. The van der Waals surface area contributed by atoms with Gasteiger partial charge in [0.1, 0.15) is 13.1 Å². The van der Waals surface area contributed by atoms with Crippen molar-refractivity contribution in [2.24, 2.45) is 0 Å². The third-order valence-electron chi connectivity index (χ3n) is 2.62. The Balaban J connectivity index is 2.74. The van der Waals surface area contributed by atoms with Crippen LogP contribution < -0.4 is 0 Å². The maximum atomic E-state index is 12.1. The van der Waals surface area contributed by atoms with Crippen molar-refractivity contribution in [3.8, 4) is 0 Å². The van der Waals surface area contributed by atoms with Gasteiger partial charge in [-0.3, -0.25) is 9.59 Å². The molecule has 2 N–H and O–H groups in total. The Hall–Kier alpha value is -1.83. The minimum atomic E-state index is -1.25. The first kappa shape index (κ1) is 15.2. The first-order chi connectivity index (χ1) is 8.71. The van der Waals surface area contributed by atoms with Gasteiger partial charge in [0, 0.05) is 6.54 Å². The number of amides is 2. The number of urea groups is 1. The third kappa shape index (κ3) is 4.74. The van der Waals surface area contributed by atoms with Crippen LogP contribution in [0.2, 0.25) is 0 Å². The van der Waals surface area contributed by atoms with E-state index in [0.717, 1.165) is 4.90 Å². The van der Waals surface area contributed by atoms with Gasteiger partial charge in [-0.15, -0.1) is 0 Å². The summed E-state index contributed by atoms with van der Waals surface area (Å²) in [6.07, 6.45) is 0. The van der Waals surface area contributed by atoms with Gasteiger partial charge in [-0.1, -0.05) is 0 Å². The van der Waals surface area contributed by atoms with E-state index in [1.165, 1.54) is 4.90 Å². The van der Waals surface area contributed by atoms with Crippen molar-refractivity contribution in [2.45, 2.75) is 19.4 Å². The SMILES string of the molecule is CC1(C)CN(C(=O)N(CC(=O)O)CC(=O)O)CCO1. The summed E-state index contributed by atoms with van der Waals surface area (Å²) in [5.74, 6) is -2.50. The molecule has 0 aliphatic carbocycles. The van der Waals surface area contributed by atoms with Crippen LogP contribution in [-0.4, -0.2) is 76.4 Å². The fourth-order valence-corrected chi connectivity index (χ4v) is 1.90. The minimum Gasteiger partial charge on any atom is -0.480 e. The van der Waals surface area contributed by atoms with Crippen molar-refractivity contribution < 1.29 is 29.3 Å². The maximum Gasteiger partial charge on any atom is 0.323 e. The summed E-state index contributed by atoms with van der Waals surface area (Å²) >= 11 is 0. The average Bonchev–Trinajstić information content (AvgIpc) is 2.24. The summed E-state index contributed by atoms with van der Waals surface area (Å²) < 4.78 is 5.44. The summed E-state index contributed by atoms with van der Waals surface area (Å²) in [4.78, 5) is 35.7. The number of carboxylic acid groups (broad SMARTS) is 2. The highest BCUT2D eigenvalue weighted by Crippen LogP contribution is 2.17. The highest BCUT2D eigenvalue weighted by atomic mass is 16.5. The predicted octanol–water partition coefficient (Wildman–Crippen LogP) is -0.312. The molecule has 108 valence electrons. The maximum absolute atomic E-state index is 12.1. The fourth-order valence-electron chi connectivity index (χ4n) is 1.90. The highest BCUT2D eigenvalue weighted by Gasteiger charge is 2.33. The molecule has 1 aliphatic rings. The van der Waals surface area contributed by atoms with Crippen molar-refractivity contribution >= 4 is 18.0 Å². The van der Waals surface area contributed by atoms with E-state index in [-0.39, 0.29) is 0 Å². The predicted molar refractivity (Wildman–Crippen MR) is 63.8 cm³/mol. The molecule has 19 heavy (non-hydrogen) atoms. The van der Waals surface area contributed by atoms with Crippen molar-refractivity contribution in [3.63, 3.8) is 0 Å². The van der Waals surface area contributed by atoms with Crippen LogP contribution in [0.3, 0.4) is 0 Å². The molecule has 8 nitrogen and oxygen atoms in total. The lowest BCUT2D eigenvalue weighted by Gasteiger charge is -2.39. The molecule has 0 bridgehead atoms. The lowest BCUT2D eigenvalue weighted by molar-refractivity contribution is -0.141. The van der Waals surface area contributed by atoms with Crippen molar-refractivity contribution in [2.75, 3.05) is 32.8 Å². The van der Waals surface area contributed by atoms with Crippen molar-refractivity contribution in [3.05, 3.63) is 0 Å². The van der Waals surface area contributed by atoms with Gasteiger partial charge < -0.3 is 24.7 Å². The summed E-state index contributed by atoms with van der Waals surface area (Å²) in [7, 11) is 0. The van der Waals surface area contributed by atoms with Crippen LogP contribution in [0.4, 0.5) is 4.79 Å². The van der Waals surface area contributed by atoms with E-state index < -0.39 is 36.7 Å². The smallest absolute Gasteiger partial charge is 0.323 e. The molecule has 2 amide bonds. The standard InChI is InChI=1S/C11H18N2O6/c1-11(2)7-12(3-4-19-11)10(18)13(5-8(14)15)6-9(16)17/h3-7H2,1-2H3,(H,14,15)(H,16,17). The molecule has 0 aromatic carbocycles. The van der Waals surface area contributed by atoms with Gasteiger partial charge in [-0.05, 0) is 13.8 Å². The van der Waals surface area contributed by atoms with E-state index >= 15 is 0 Å². The van der Waals surface area contributed by atoms with E-state index in [2.05, 4.69) is 0 Å². The number of rotatable bonds is 4. The van der Waals surface area contributed by atoms with Gasteiger partial charge in [0.05, 0.1) is 18.8 Å². The first-order valence-electron chi connectivity index (χ1n) is 5.83. The average molecular weight is 274 g/mol. The number of morpholine rings is 1. The molecule has 0 aromatic heterocycles. The molecular formula is C11H18N2O6. The normalized spacial score (nSPS) is 17.9. The van der Waals surface area contributed by atoms with Crippen LogP contribution >= 0.6 is 0 Å². The van der Waals surface area contributed by atoms with Gasteiger partial charge in [0.2, 0.25) is 0 Å². The van der Waals surface area contributed by atoms with Crippen LogP contribution in [0.1, 0.15) is 13.8 Å². The number of hydrogen-bond acceptors (Lipinski definition) is 4. The van der Waals surface area contributed by atoms with E-state index in [4.69, 9.17) is 14.9 Å². The fraction of sp³-hybridized carbons (Fsp3) is 0.727. The monoisotopic (exact) mass is 274 g/mol. The Kier molecular flexibility index (Phi) is 4.71. The van der Waals surface area contributed by atoms with Crippen molar-refractivity contribution in [1.82, 2.24) is 9.80 Å². The number of carboxylic acids is 2. The molecule has 0 aromatic rings. The van der Waals surface area contributed by atoms with Gasteiger partial charge in [0.15, 0.2) is 0 Å². The van der Waals surface area contributed by atoms with Crippen molar-refractivity contribution in [1.29, 1.82) is 0 Å². The number of nitrogens with zero attached hydrogens (tertiary/aromatic N) is 2. The molecule has 1 saturated heterocycles. The van der Waals surface area contributed by atoms with Crippen LogP contribution in [-0.2, 0) is 14.3 Å². The largest absolute Gasteiger partial charge is 0.480 e. The summed E-state index contributed by atoms with van der Waals surface area (Å²) in [6.45, 7) is 3.30. The number of ether oxygens (including phenoxy) is 1. The summed E-state index contributed by atoms with van der Waals surface area (Å²) in [5, 5.41) is 17.4. The number of carbonyl (C=O) groups excluding carboxylic acids is 1. The van der Waals surface area contributed by atoms with E-state index in [0.29, 0.717) is 19.7 Å². The van der Waals surface area contributed by atoms with E-state index in [1.54, 1.807) is 0 Å². The van der Waals surface area contributed by atoms with Crippen LogP contribution in [0.25, 0.3) is 0 Å². The molecule has 0 atom stereocenters. The quantitative estimate of drug-likeness (QED) is 0.728. The molecular weight excluding hydrogens is 256 g/mol. The highest BCUT2D eigenvalue weighted by molar-refractivity contribution is 5.84. The second-order valence-corrected chi connectivity index (χ2v) is 4.96. The number of carbonyl (C=O) groups is 3. The van der Waals surface area contributed by atoms with E-state index in [1.807, 2.05) is 13.8 Å². The topological polar surface area (TPSA) is 107 Å². The molecule has 1 rings (SSSR count). The van der Waals surface area contributed by atoms with Gasteiger partial charge in [-0.2, -0.15) is 0 Å². The molecule has 1 heterocycles. The zero-order chi connectivity index (χ0) is 14.6. The zero-order valence-corrected chi connectivity index (χ0v) is 11.0. The second kappa shape index (κ2) is 5.87. The van der Waals surface area contributed by atoms with Gasteiger partial charge in [-0.25, -0.2) is 4.79 Å². The Morgan fingerprint density at radius 3 is 2.16 bits per heavy atom. The molecule has 1 aliphatic heterocycles. The van der Waals surface area contributed by atoms with E-state index in [9.17, 15) is 14.4 Å². The minimum absolute atomic E-state index is 0.293. The Morgan fingerprint density at radius 2 is 1.74 bits per heavy atom.